The average molecular weight is 239 g/mol. The predicted octanol–water partition coefficient (Wildman–Crippen LogP) is 1.64. The molecule has 1 heterocycles. The molecule has 0 spiro atoms. The Morgan fingerprint density at radius 1 is 1.50 bits per heavy atom. The fraction of sp³-hybridized carbons (Fsp3) is 0. The molecule has 1 aromatic heterocycles. The molecule has 1 amide bonds. The first-order valence-electron chi connectivity index (χ1n) is 4.23. The number of amides is 1. The van der Waals surface area contributed by atoms with Crippen LogP contribution in [0.4, 0.5) is 9.52 Å². The number of nitrogens with one attached hydrogen (secondary N) is 1. The summed E-state index contributed by atoms with van der Waals surface area (Å²) >= 11 is 1.15. The van der Waals surface area contributed by atoms with Crippen LogP contribution in [0.25, 0.3) is 0 Å². The van der Waals surface area contributed by atoms with E-state index in [0.717, 1.165) is 23.5 Å². The second-order valence-electron chi connectivity index (χ2n) is 2.86. The molecular weight excluding hydrogens is 233 g/mol. The predicted molar refractivity (Wildman–Crippen MR) is 55.9 cm³/mol. The zero-order valence-corrected chi connectivity index (χ0v) is 8.66. The Bertz CT molecular complexity index is 515. The maximum absolute atomic E-state index is 12.7. The van der Waals surface area contributed by atoms with E-state index in [2.05, 4.69) is 15.5 Å². The molecule has 0 aliphatic carbocycles. The van der Waals surface area contributed by atoms with Gasteiger partial charge in [0.15, 0.2) is 0 Å². The lowest BCUT2D eigenvalue weighted by atomic mass is 10.2. The molecule has 0 unspecified atom stereocenters. The van der Waals surface area contributed by atoms with Crippen molar-refractivity contribution >= 4 is 22.4 Å². The number of anilines is 1. The molecule has 82 valence electrons. The molecule has 0 fully saturated rings. The lowest BCUT2D eigenvalue weighted by molar-refractivity contribution is 0.102. The molecule has 0 bridgehead atoms. The van der Waals surface area contributed by atoms with Crippen LogP contribution < -0.4 is 5.32 Å². The van der Waals surface area contributed by atoms with Crippen molar-refractivity contribution in [3.63, 3.8) is 0 Å². The zero-order valence-electron chi connectivity index (χ0n) is 7.85. The Morgan fingerprint density at radius 2 is 2.31 bits per heavy atom. The monoisotopic (exact) mass is 239 g/mol. The number of aromatic nitrogens is 2. The van der Waals surface area contributed by atoms with Crippen molar-refractivity contribution < 1.29 is 14.3 Å². The molecule has 2 N–H and O–H groups in total. The summed E-state index contributed by atoms with van der Waals surface area (Å²) in [4.78, 5) is 11.6. The minimum absolute atomic E-state index is 0.0170. The van der Waals surface area contributed by atoms with Gasteiger partial charge in [0, 0.05) is 6.07 Å². The third-order valence-corrected chi connectivity index (χ3v) is 2.39. The summed E-state index contributed by atoms with van der Waals surface area (Å²) in [6.45, 7) is 0. The molecule has 0 saturated heterocycles. The fourth-order valence-corrected chi connectivity index (χ4v) is 1.53. The standard InChI is InChI=1S/C9H6FN3O2S/c10-5-1-2-6(7(14)3-5)8(15)12-9-13-11-4-16-9/h1-4,14H,(H,12,13,15). The Labute approximate surface area is 93.6 Å². The molecule has 0 atom stereocenters. The molecule has 2 rings (SSSR count). The summed E-state index contributed by atoms with van der Waals surface area (Å²) in [7, 11) is 0. The molecule has 2 aromatic rings. The SMILES string of the molecule is O=C(Nc1nncs1)c1ccc(F)cc1O. The molecule has 1 aromatic carbocycles. The zero-order chi connectivity index (χ0) is 11.5. The van der Waals surface area contributed by atoms with Crippen LogP contribution in [0.15, 0.2) is 23.7 Å². The Morgan fingerprint density at radius 3 is 2.94 bits per heavy atom. The summed E-state index contributed by atoms with van der Waals surface area (Å²) in [5, 5.41) is 19.2. The van der Waals surface area contributed by atoms with E-state index in [-0.39, 0.29) is 5.56 Å². The maximum atomic E-state index is 12.7. The van der Waals surface area contributed by atoms with Crippen LogP contribution in [0, 0.1) is 5.82 Å². The second kappa shape index (κ2) is 4.23. The van der Waals surface area contributed by atoms with Gasteiger partial charge in [-0.3, -0.25) is 10.1 Å². The highest BCUT2D eigenvalue weighted by Crippen LogP contribution is 2.19. The number of aromatic hydroxyl groups is 1. The molecule has 16 heavy (non-hydrogen) atoms. The first-order chi connectivity index (χ1) is 7.66. The molecular formula is C9H6FN3O2S. The van der Waals surface area contributed by atoms with Crippen molar-refractivity contribution in [2.45, 2.75) is 0 Å². The van der Waals surface area contributed by atoms with E-state index >= 15 is 0 Å². The van der Waals surface area contributed by atoms with Crippen LogP contribution in [0.1, 0.15) is 10.4 Å². The quantitative estimate of drug-likeness (QED) is 0.835. The summed E-state index contributed by atoms with van der Waals surface area (Å²) in [6, 6.07) is 3.16. The highest BCUT2D eigenvalue weighted by Gasteiger charge is 2.12. The van der Waals surface area contributed by atoms with Gasteiger partial charge in [-0.05, 0) is 12.1 Å². The third kappa shape index (κ3) is 2.14. The van der Waals surface area contributed by atoms with Crippen molar-refractivity contribution in [1.29, 1.82) is 0 Å². The van der Waals surface area contributed by atoms with Crippen LogP contribution in [0.3, 0.4) is 0 Å². The van der Waals surface area contributed by atoms with Gasteiger partial charge in [0.1, 0.15) is 17.1 Å². The number of carbonyl (C=O) groups is 1. The van der Waals surface area contributed by atoms with E-state index in [1.165, 1.54) is 11.6 Å². The number of hydrogen-bond acceptors (Lipinski definition) is 5. The second-order valence-corrected chi connectivity index (χ2v) is 3.69. The van der Waals surface area contributed by atoms with Gasteiger partial charge in [-0.1, -0.05) is 11.3 Å². The van der Waals surface area contributed by atoms with Gasteiger partial charge < -0.3 is 5.11 Å². The van der Waals surface area contributed by atoms with E-state index in [0.29, 0.717) is 5.13 Å². The molecule has 7 heteroatoms. The van der Waals surface area contributed by atoms with Crippen molar-refractivity contribution in [2.24, 2.45) is 0 Å². The van der Waals surface area contributed by atoms with Crippen molar-refractivity contribution in [2.75, 3.05) is 5.32 Å². The van der Waals surface area contributed by atoms with Crippen molar-refractivity contribution in [3.8, 4) is 5.75 Å². The van der Waals surface area contributed by atoms with E-state index < -0.39 is 17.5 Å². The van der Waals surface area contributed by atoms with Crippen LogP contribution in [-0.4, -0.2) is 21.2 Å². The molecule has 0 radical (unpaired) electrons. The summed E-state index contributed by atoms with van der Waals surface area (Å²) in [5.74, 6) is -1.58. The average Bonchev–Trinajstić information content (AvgIpc) is 2.70. The molecule has 0 aliphatic rings. The summed E-state index contributed by atoms with van der Waals surface area (Å²) in [6.07, 6.45) is 0. The van der Waals surface area contributed by atoms with E-state index in [9.17, 15) is 14.3 Å². The van der Waals surface area contributed by atoms with Gasteiger partial charge in [0.05, 0.1) is 5.56 Å². The van der Waals surface area contributed by atoms with Gasteiger partial charge >= 0.3 is 0 Å². The van der Waals surface area contributed by atoms with Crippen LogP contribution in [0.5, 0.6) is 5.75 Å². The molecule has 0 saturated carbocycles. The first-order valence-corrected chi connectivity index (χ1v) is 5.11. The van der Waals surface area contributed by atoms with Crippen LogP contribution in [0.2, 0.25) is 0 Å². The number of carbonyl (C=O) groups excluding carboxylic acids is 1. The number of halogens is 1. The highest BCUT2D eigenvalue weighted by molar-refractivity contribution is 7.13. The minimum Gasteiger partial charge on any atom is -0.507 e. The summed E-state index contributed by atoms with van der Waals surface area (Å²) in [5.41, 5.74) is 1.44. The van der Waals surface area contributed by atoms with Crippen molar-refractivity contribution in [1.82, 2.24) is 10.2 Å². The van der Waals surface area contributed by atoms with Crippen LogP contribution in [-0.2, 0) is 0 Å². The van der Waals surface area contributed by atoms with Crippen molar-refractivity contribution in [3.05, 3.63) is 35.1 Å². The largest absolute Gasteiger partial charge is 0.507 e. The lowest BCUT2D eigenvalue weighted by Gasteiger charge is -2.03. The van der Waals surface area contributed by atoms with Gasteiger partial charge in [-0.25, -0.2) is 4.39 Å². The minimum atomic E-state index is -0.607. The number of hydrogen-bond donors (Lipinski definition) is 2. The van der Waals surface area contributed by atoms with E-state index in [1.54, 1.807) is 0 Å². The number of phenolic OH excluding ortho intramolecular Hbond substituents is 1. The molecule has 5 nitrogen and oxygen atoms in total. The maximum Gasteiger partial charge on any atom is 0.261 e. The number of phenols is 1. The molecule has 0 aliphatic heterocycles. The number of rotatable bonds is 2. The number of benzene rings is 1. The topological polar surface area (TPSA) is 75.1 Å². The number of nitrogens with zero attached hydrogens (tertiary/aromatic N) is 2. The Kier molecular flexibility index (Phi) is 2.78. The summed E-state index contributed by atoms with van der Waals surface area (Å²) < 4.78 is 12.7. The Balaban J connectivity index is 2.21. The van der Waals surface area contributed by atoms with Gasteiger partial charge in [0.25, 0.3) is 5.91 Å². The highest BCUT2D eigenvalue weighted by atomic mass is 32.1. The van der Waals surface area contributed by atoms with Gasteiger partial charge in [0.2, 0.25) is 5.13 Å². The normalized spacial score (nSPS) is 10.1. The van der Waals surface area contributed by atoms with Crippen LogP contribution >= 0.6 is 11.3 Å². The lowest BCUT2D eigenvalue weighted by Crippen LogP contribution is -2.12. The fourth-order valence-electron chi connectivity index (χ4n) is 1.09. The smallest absolute Gasteiger partial charge is 0.261 e. The van der Waals surface area contributed by atoms with E-state index in [4.69, 9.17) is 0 Å². The Hall–Kier alpha value is -2.02. The van der Waals surface area contributed by atoms with E-state index in [1.807, 2.05) is 0 Å². The van der Waals surface area contributed by atoms with Gasteiger partial charge in [-0.15, -0.1) is 10.2 Å². The third-order valence-electron chi connectivity index (χ3n) is 1.78. The van der Waals surface area contributed by atoms with Gasteiger partial charge in [-0.2, -0.15) is 0 Å². The first kappa shape index (κ1) is 10.5.